The lowest BCUT2D eigenvalue weighted by atomic mass is 9.94. The first kappa shape index (κ1) is 13.9. The number of hydrogen-bond acceptors (Lipinski definition) is 3. The van der Waals surface area contributed by atoms with Crippen LogP contribution in [0.4, 0.5) is 5.69 Å². The molecule has 3 nitrogen and oxygen atoms in total. The number of aryl methyl sites for hydroxylation is 1. The predicted molar refractivity (Wildman–Crippen MR) is 99.3 cm³/mol. The highest BCUT2D eigenvalue weighted by atomic mass is 32.1. The molecule has 5 rings (SSSR count). The molecule has 0 saturated heterocycles. The minimum Gasteiger partial charge on any atom is -0.472 e. The van der Waals surface area contributed by atoms with Gasteiger partial charge in [0.05, 0.1) is 17.5 Å². The molecule has 2 aliphatic heterocycles. The Labute approximate surface area is 145 Å². The van der Waals surface area contributed by atoms with Crippen LogP contribution in [0.5, 0.6) is 0 Å². The van der Waals surface area contributed by atoms with Crippen molar-refractivity contribution in [2.24, 2.45) is 0 Å². The van der Waals surface area contributed by atoms with Crippen LogP contribution in [0.15, 0.2) is 53.6 Å². The summed E-state index contributed by atoms with van der Waals surface area (Å²) in [6.45, 7) is 1.03. The molecular formula is C20H16N2OS. The summed E-state index contributed by atoms with van der Waals surface area (Å²) in [4.78, 5) is 7.86. The maximum absolute atomic E-state index is 5.53. The molecule has 0 radical (unpaired) electrons. The summed E-state index contributed by atoms with van der Waals surface area (Å²) in [7, 11) is 0. The van der Waals surface area contributed by atoms with E-state index in [1.165, 1.54) is 22.4 Å². The summed E-state index contributed by atoms with van der Waals surface area (Å²) < 4.78 is 5.20. The summed E-state index contributed by atoms with van der Waals surface area (Å²) in [6, 6.07) is 8.77. The Morgan fingerprint density at radius 1 is 0.917 bits per heavy atom. The number of rotatable bonds is 2. The minimum absolute atomic E-state index is 0.985. The molecule has 0 aliphatic carbocycles. The standard InChI is InChI=1S/C20H16N2OS/c24-19-2-1-13-7-16(8-14-3-5-22(19)20(13)14)18-9-17(10-21-11-18)15-4-6-23-12-15/h4,6-12H,1-3,5H2. The Hall–Kier alpha value is -2.46. The van der Waals surface area contributed by atoms with Crippen molar-refractivity contribution in [2.75, 3.05) is 11.4 Å². The average Bonchev–Trinajstić information content (AvgIpc) is 3.29. The van der Waals surface area contributed by atoms with Crippen molar-refractivity contribution in [1.29, 1.82) is 0 Å². The van der Waals surface area contributed by atoms with Crippen LogP contribution in [-0.4, -0.2) is 16.5 Å². The molecule has 2 aliphatic rings. The summed E-state index contributed by atoms with van der Waals surface area (Å²) in [5.41, 5.74) is 8.74. The lowest BCUT2D eigenvalue weighted by molar-refractivity contribution is 0.568. The second kappa shape index (κ2) is 5.28. The Bertz CT molecular complexity index is 946. The normalized spacial score (nSPS) is 15.7. The van der Waals surface area contributed by atoms with Crippen LogP contribution in [0.3, 0.4) is 0 Å². The fraction of sp³-hybridized carbons (Fsp3) is 0.200. The number of benzene rings is 1. The van der Waals surface area contributed by atoms with Crippen molar-refractivity contribution in [1.82, 2.24) is 4.98 Å². The molecule has 0 saturated carbocycles. The molecule has 0 N–H and O–H groups in total. The van der Waals surface area contributed by atoms with E-state index in [1.54, 1.807) is 12.5 Å². The van der Waals surface area contributed by atoms with Crippen molar-refractivity contribution < 1.29 is 4.42 Å². The maximum atomic E-state index is 5.53. The number of thiocarbonyl (C=S) groups is 1. The number of nitrogens with zero attached hydrogens (tertiary/aromatic N) is 2. The highest BCUT2D eigenvalue weighted by Crippen LogP contribution is 2.40. The van der Waals surface area contributed by atoms with Crippen molar-refractivity contribution >= 4 is 22.9 Å². The van der Waals surface area contributed by atoms with Gasteiger partial charge in [-0.3, -0.25) is 4.98 Å². The van der Waals surface area contributed by atoms with Crippen molar-refractivity contribution in [2.45, 2.75) is 19.3 Å². The molecule has 0 amide bonds. The first-order valence-corrected chi connectivity index (χ1v) is 8.64. The Morgan fingerprint density at radius 3 is 2.50 bits per heavy atom. The van der Waals surface area contributed by atoms with E-state index in [9.17, 15) is 0 Å². The molecule has 0 bridgehead atoms. The van der Waals surface area contributed by atoms with Crippen LogP contribution >= 0.6 is 12.2 Å². The van der Waals surface area contributed by atoms with E-state index in [4.69, 9.17) is 16.6 Å². The van der Waals surface area contributed by atoms with Gasteiger partial charge < -0.3 is 9.32 Å². The lowest BCUT2D eigenvalue weighted by Crippen LogP contribution is -2.31. The number of anilines is 1. The van der Waals surface area contributed by atoms with Crippen LogP contribution in [0.1, 0.15) is 17.5 Å². The highest BCUT2D eigenvalue weighted by molar-refractivity contribution is 7.80. The highest BCUT2D eigenvalue weighted by Gasteiger charge is 2.29. The fourth-order valence-electron chi connectivity index (χ4n) is 3.81. The smallest absolute Gasteiger partial charge is 0.0981 e. The first-order valence-electron chi connectivity index (χ1n) is 8.24. The number of aromatic nitrogens is 1. The SMILES string of the molecule is S=C1CCc2cc(-c3cncc(-c4ccoc4)c3)cc3c2N1CC3. The summed E-state index contributed by atoms with van der Waals surface area (Å²) in [5.74, 6) is 0. The molecule has 0 fully saturated rings. The third kappa shape index (κ3) is 2.10. The third-order valence-electron chi connectivity index (χ3n) is 4.98. The zero-order chi connectivity index (χ0) is 16.1. The number of furan rings is 1. The predicted octanol–water partition coefficient (Wildman–Crippen LogP) is 4.64. The van der Waals surface area contributed by atoms with Gasteiger partial charge in [-0.1, -0.05) is 12.2 Å². The van der Waals surface area contributed by atoms with E-state index in [2.05, 4.69) is 28.1 Å². The van der Waals surface area contributed by atoms with Crippen molar-refractivity contribution in [3.63, 3.8) is 0 Å². The molecule has 0 spiro atoms. The van der Waals surface area contributed by atoms with Gasteiger partial charge in [0, 0.05) is 47.7 Å². The Kier molecular flexibility index (Phi) is 3.06. The second-order valence-electron chi connectivity index (χ2n) is 6.41. The lowest BCUT2D eigenvalue weighted by Gasteiger charge is -2.28. The van der Waals surface area contributed by atoms with Gasteiger partial charge >= 0.3 is 0 Å². The van der Waals surface area contributed by atoms with Gasteiger partial charge in [-0.2, -0.15) is 0 Å². The Morgan fingerprint density at radius 2 is 1.71 bits per heavy atom. The van der Waals surface area contributed by atoms with Crippen LogP contribution in [0, 0.1) is 0 Å². The molecule has 0 atom stereocenters. The van der Waals surface area contributed by atoms with E-state index in [0.29, 0.717) is 0 Å². The summed E-state index contributed by atoms with van der Waals surface area (Å²) in [6.07, 6.45) is 10.4. The van der Waals surface area contributed by atoms with E-state index >= 15 is 0 Å². The molecule has 0 unspecified atom stereocenters. The average molecular weight is 332 g/mol. The molecule has 1 aromatic carbocycles. The summed E-state index contributed by atoms with van der Waals surface area (Å²) in [5, 5.41) is 0. The van der Waals surface area contributed by atoms with Crippen molar-refractivity contribution in [3.05, 3.63) is 60.3 Å². The van der Waals surface area contributed by atoms with Gasteiger partial charge in [-0.25, -0.2) is 0 Å². The monoisotopic (exact) mass is 332 g/mol. The zero-order valence-electron chi connectivity index (χ0n) is 13.2. The first-order chi connectivity index (χ1) is 11.8. The molecule has 4 heteroatoms. The summed E-state index contributed by atoms with van der Waals surface area (Å²) >= 11 is 5.53. The molecule has 3 aromatic rings. The second-order valence-corrected chi connectivity index (χ2v) is 6.88. The molecule has 4 heterocycles. The van der Waals surface area contributed by atoms with Gasteiger partial charge in [0.1, 0.15) is 0 Å². The van der Waals surface area contributed by atoms with Crippen LogP contribution in [-0.2, 0) is 12.8 Å². The van der Waals surface area contributed by atoms with E-state index in [1.807, 2.05) is 18.5 Å². The van der Waals surface area contributed by atoms with Gasteiger partial charge in [-0.15, -0.1) is 0 Å². The third-order valence-corrected chi connectivity index (χ3v) is 5.40. The van der Waals surface area contributed by atoms with Gasteiger partial charge in [0.25, 0.3) is 0 Å². The topological polar surface area (TPSA) is 29.3 Å². The van der Waals surface area contributed by atoms with Gasteiger partial charge in [0.2, 0.25) is 0 Å². The van der Waals surface area contributed by atoms with Gasteiger partial charge in [0.15, 0.2) is 0 Å². The largest absolute Gasteiger partial charge is 0.472 e. The van der Waals surface area contributed by atoms with E-state index in [-0.39, 0.29) is 0 Å². The maximum Gasteiger partial charge on any atom is 0.0981 e. The molecular weight excluding hydrogens is 316 g/mol. The molecule has 24 heavy (non-hydrogen) atoms. The van der Waals surface area contributed by atoms with Crippen LogP contribution in [0.2, 0.25) is 0 Å². The molecule has 2 aromatic heterocycles. The number of pyridine rings is 1. The van der Waals surface area contributed by atoms with Crippen LogP contribution in [0.25, 0.3) is 22.3 Å². The number of hydrogen-bond donors (Lipinski definition) is 0. The quantitative estimate of drug-likeness (QED) is 0.639. The van der Waals surface area contributed by atoms with Crippen LogP contribution < -0.4 is 4.90 Å². The van der Waals surface area contributed by atoms with Crippen molar-refractivity contribution in [3.8, 4) is 22.3 Å². The van der Waals surface area contributed by atoms with E-state index in [0.717, 1.165) is 47.5 Å². The van der Waals surface area contributed by atoms with Gasteiger partial charge in [-0.05, 0) is 53.8 Å². The zero-order valence-corrected chi connectivity index (χ0v) is 14.0. The van der Waals surface area contributed by atoms with E-state index < -0.39 is 0 Å². The fourth-order valence-corrected chi connectivity index (χ4v) is 4.09. The molecule has 118 valence electrons. The Balaban J connectivity index is 1.62. The minimum atomic E-state index is 0.985.